The molecule has 0 amide bonds. The van der Waals surface area contributed by atoms with Gasteiger partial charge < -0.3 is 4.74 Å². The maximum atomic E-state index is 5.83. The second kappa shape index (κ2) is 7.07. The Kier molecular flexibility index (Phi) is 4.90. The molecule has 1 aromatic heterocycles. The van der Waals surface area contributed by atoms with Crippen molar-refractivity contribution in [3.8, 4) is 0 Å². The van der Waals surface area contributed by atoms with E-state index in [0.29, 0.717) is 6.10 Å². The summed E-state index contributed by atoms with van der Waals surface area (Å²) in [5.41, 5.74) is 3.77. The Morgan fingerprint density at radius 3 is 2.73 bits per heavy atom. The van der Waals surface area contributed by atoms with Gasteiger partial charge in [-0.1, -0.05) is 30.3 Å². The fourth-order valence-corrected chi connectivity index (χ4v) is 3.15. The number of aromatic nitrogens is 2. The molecule has 1 atom stereocenters. The minimum absolute atomic E-state index is 0.376. The molecule has 1 aliphatic heterocycles. The van der Waals surface area contributed by atoms with E-state index in [-0.39, 0.29) is 0 Å². The summed E-state index contributed by atoms with van der Waals surface area (Å²) < 4.78 is 7.73. The zero-order valence-corrected chi connectivity index (χ0v) is 13.5. The Bertz CT molecular complexity index is 588. The lowest BCUT2D eigenvalue weighted by atomic mass is 10.1. The molecule has 0 spiro atoms. The predicted molar refractivity (Wildman–Crippen MR) is 87.5 cm³/mol. The molecule has 2 aromatic rings. The number of hydrogen-bond acceptors (Lipinski definition) is 3. The highest BCUT2D eigenvalue weighted by Gasteiger charge is 2.20. The molecule has 1 unspecified atom stereocenters. The number of aryl methyl sites for hydroxylation is 2. The van der Waals surface area contributed by atoms with Gasteiger partial charge in [-0.25, -0.2) is 0 Å². The fourth-order valence-electron chi connectivity index (χ4n) is 3.15. The quantitative estimate of drug-likeness (QED) is 0.821. The topological polar surface area (TPSA) is 30.3 Å². The van der Waals surface area contributed by atoms with Crippen LogP contribution < -0.4 is 0 Å². The van der Waals surface area contributed by atoms with Crippen LogP contribution in [0.2, 0.25) is 0 Å². The van der Waals surface area contributed by atoms with Crippen LogP contribution in [0.15, 0.2) is 36.5 Å². The van der Waals surface area contributed by atoms with Crippen molar-refractivity contribution < 1.29 is 4.74 Å². The summed E-state index contributed by atoms with van der Waals surface area (Å²) in [6, 6.07) is 10.7. The standard InChI is InChI=1S/C18H25N3O/c1-15-17(12-20(2)19-15)13-21(14-18-9-6-10-22-18)11-16-7-4-3-5-8-16/h3-5,7-8,12,18H,6,9-11,13-14H2,1-2H3. The minimum atomic E-state index is 0.376. The van der Waals surface area contributed by atoms with Crippen molar-refractivity contribution in [1.82, 2.24) is 14.7 Å². The molecule has 1 aliphatic rings. The summed E-state index contributed by atoms with van der Waals surface area (Å²) in [6.45, 7) is 5.87. The van der Waals surface area contributed by atoms with Crippen LogP contribution >= 0.6 is 0 Å². The van der Waals surface area contributed by atoms with E-state index in [0.717, 1.165) is 31.9 Å². The smallest absolute Gasteiger partial charge is 0.0703 e. The van der Waals surface area contributed by atoms with E-state index in [9.17, 15) is 0 Å². The average molecular weight is 299 g/mol. The summed E-state index contributed by atoms with van der Waals surface area (Å²) in [5, 5.41) is 4.46. The number of rotatable bonds is 6. The fraction of sp³-hybridized carbons (Fsp3) is 0.500. The molecular weight excluding hydrogens is 274 g/mol. The van der Waals surface area contributed by atoms with Crippen LogP contribution in [-0.2, 0) is 24.9 Å². The molecule has 0 N–H and O–H groups in total. The lowest BCUT2D eigenvalue weighted by molar-refractivity contribution is 0.0678. The van der Waals surface area contributed by atoms with Crippen LogP contribution in [0.25, 0.3) is 0 Å². The third-order valence-electron chi connectivity index (χ3n) is 4.24. The van der Waals surface area contributed by atoms with Crippen LogP contribution in [0.1, 0.15) is 29.7 Å². The number of ether oxygens (including phenoxy) is 1. The summed E-state index contributed by atoms with van der Waals surface area (Å²) in [5.74, 6) is 0. The normalized spacial score (nSPS) is 18.2. The maximum Gasteiger partial charge on any atom is 0.0703 e. The Labute approximate surface area is 132 Å². The Hall–Kier alpha value is -1.65. The molecule has 3 rings (SSSR count). The number of nitrogens with zero attached hydrogens (tertiary/aromatic N) is 3. The Morgan fingerprint density at radius 2 is 2.09 bits per heavy atom. The molecule has 4 heteroatoms. The summed E-state index contributed by atoms with van der Waals surface area (Å²) in [6.07, 6.45) is 4.87. The highest BCUT2D eigenvalue weighted by molar-refractivity contribution is 5.17. The second-order valence-electron chi connectivity index (χ2n) is 6.20. The van der Waals surface area contributed by atoms with Crippen molar-refractivity contribution in [1.29, 1.82) is 0 Å². The van der Waals surface area contributed by atoms with Crippen molar-refractivity contribution in [3.05, 3.63) is 53.3 Å². The van der Waals surface area contributed by atoms with E-state index in [1.165, 1.54) is 24.0 Å². The zero-order valence-electron chi connectivity index (χ0n) is 13.5. The highest BCUT2D eigenvalue weighted by Crippen LogP contribution is 2.18. The summed E-state index contributed by atoms with van der Waals surface area (Å²) in [4.78, 5) is 2.48. The van der Waals surface area contributed by atoms with Gasteiger partial charge in [-0.2, -0.15) is 5.10 Å². The van der Waals surface area contributed by atoms with Crippen molar-refractivity contribution in [2.45, 2.75) is 39.0 Å². The van der Waals surface area contributed by atoms with Crippen molar-refractivity contribution in [3.63, 3.8) is 0 Å². The van der Waals surface area contributed by atoms with E-state index in [2.05, 4.69) is 53.5 Å². The first-order valence-electron chi connectivity index (χ1n) is 8.08. The predicted octanol–water partition coefficient (Wildman–Crippen LogP) is 2.91. The molecule has 0 aliphatic carbocycles. The first-order chi connectivity index (χ1) is 10.7. The Morgan fingerprint density at radius 1 is 1.27 bits per heavy atom. The second-order valence-corrected chi connectivity index (χ2v) is 6.20. The highest BCUT2D eigenvalue weighted by atomic mass is 16.5. The third-order valence-corrected chi connectivity index (χ3v) is 4.24. The Balaban J connectivity index is 1.71. The lowest BCUT2D eigenvalue weighted by Crippen LogP contribution is -2.31. The number of hydrogen-bond donors (Lipinski definition) is 0. The zero-order chi connectivity index (χ0) is 15.4. The van der Waals surface area contributed by atoms with Gasteiger partial charge >= 0.3 is 0 Å². The first-order valence-corrected chi connectivity index (χ1v) is 8.08. The van der Waals surface area contributed by atoms with E-state index in [1.807, 2.05) is 11.7 Å². The van der Waals surface area contributed by atoms with E-state index in [4.69, 9.17) is 4.74 Å². The van der Waals surface area contributed by atoms with Gasteiger partial charge in [-0.05, 0) is 25.3 Å². The molecule has 1 aromatic carbocycles. The largest absolute Gasteiger partial charge is 0.377 e. The van der Waals surface area contributed by atoms with Gasteiger partial charge in [0.2, 0.25) is 0 Å². The molecular formula is C18H25N3O. The molecule has 118 valence electrons. The third kappa shape index (κ3) is 3.96. The summed E-state index contributed by atoms with van der Waals surface area (Å²) >= 11 is 0. The van der Waals surface area contributed by atoms with Gasteiger partial charge in [0.1, 0.15) is 0 Å². The molecule has 1 fully saturated rings. The van der Waals surface area contributed by atoms with Crippen LogP contribution in [0.5, 0.6) is 0 Å². The van der Waals surface area contributed by atoms with E-state index in [1.54, 1.807) is 0 Å². The van der Waals surface area contributed by atoms with Gasteiger partial charge in [0, 0.05) is 45.0 Å². The molecule has 0 bridgehead atoms. The van der Waals surface area contributed by atoms with E-state index >= 15 is 0 Å². The molecule has 22 heavy (non-hydrogen) atoms. The maximum absolute atomic E-state index is 5.83. The molecule has 0 saturated carbocycles. The minimum Gasteiger partial charge on any atom is -0.377 e. The molecule has 2 heterocycles. The van der Waals surface area contributed by atoms with Gasteiger partial charge in [0.15, 0.2) is 0 Å². The SMILES string of the molecule is Cc1nn(C)cc1CN(Cc1ccccc1)CC1CCCO1. The van der Waals surface area contributed by atoms with Crippen molar-refractivity contribution >= 4 is 0 Å². The lowest BCUT2D eigenvalue weighted by Gasteiger charge is -2.25. The van der Waals surface area contributed by atoms with Gasteiger partial charge in [0.05, 0.1) is 11.8 Å². The first kappa shape index (κ1) is 15.3. The summed E-state index contributed by atoms with van der Waals surface area (Å²) in [7, 11) is 1.98. The molecule has 0 radical (unpaired) electrons. The van der Waals surface area contributed by atoms with Crippen LogP contribution in [0, 0.1) is 6.92 Å². The number of benzene rings is 1. The van der Waals surface area contributed by atoms with Crippen LogP contribution in [-0.4, -0.2) is 33.9 Å². The van der Waals surface area contributed by atoms with Crippen molar-refractivity contribution in [2.24, 2.45) is 7.05 Å². The van der Waals surface area contributed by atoms with Crippen molar-refractivity contribution in [2.75, 3.05) is 13.2 Å². The van der Waals surface area contributed by atoms with E-state index < -0.39 is 0 Å². The molecule has 1 saturated heterocycles. The molecule has 4 nitrogen and oxygen atoms in total. The monoisotopic (exact) mass is 299 g/mol. The van der Waals surface area contributed by atoms with Gasteiger partial charge in [-0.3, -0.25) is 9.58 Å². The van der Waals surface area contributed by atoms with Gasteiger partial charge in [0.25, 0.3) is 0 Å². The van der Waals surface area contributed by atoms with Gasteiger partial charge in [-0.15, -0.1) is 0 Å². The average Bonchev–Trinajstić information content (AvgIpc) is 3.10. The van der Waals surface area contributed by atoms with Crippen LogP contribution in [0.4, 0.5) is 0 Å². The van der Waals surface area contributed by atoms with Crippen LogP contribution in [0.3, 0.4) is 0 Å².